The van der Waals surface area contributed by atoms with E-state index in [2.05, 4.69) is 29.4 Å². The van der Waals surface area contributed by atoms with Crippen LogP contribution in [0.1, 0.15) is 53.4 Å². The lowest BCUT2D eigenvalue weighted by molar-refractivity contribution is -0.133. The fraction of sp³-hybridized carbons (Fsp3) is 0.900. The number of amides is 1. The van der Waals surface area contributed by atoms with Crippen molar-refractivity contribution in [2.24, 2.45) is 16.8 Å². The summed E-state index contributed by atoms with van der Waals surface area (Å²) in [6.07, 6.45) is 5.06. The van der Waals surface area contributed by atoms with E-state index in [1.54, 1.807) is 0 Å². The van der Waals surface area contributed by atoms with Crippen molar-refractivity contribution in [1.29, 1.82) is 0 Å². The average molecular weight is 366 g/mol. The molecule has 6 heteroatoms. The zero-order valence-electron chi connectivity index (χ0n) is 17.3. The zero-order valence-corrected chi connectivity index (χ0v) is 17.3. The summed E-state index contributed by atoms with van der Waals surface area (Å²) >= 11 is 0. The van der Waals surface area contributed by atoms with Crippen LogP contribution in [0, 0.1) is 11.8 Å². The Labute approximate surface area is 159 Å². The summed E-state index contributed by atoms with van der Waals surface area (Å²) in [5, 5.41) is 6.89. The van der Waals surface area contributed by atoms with Gasteiger partial charge in [-0.25, -0.2) is 0 Å². The lowest BCUT2D eigenvalue weighted by Gasteiger charge is -2.28. The van der Waals surface area contributed by atoms with Crippen molar-refractivity contribution >= 4 is 11.9 Å². The van der Waals surface area contributed by atoms with Crippen molar-refractivity contribution in [2.45, 2.75) is 59.4 Å². The Bertz CT molecular complexity index is 459. The molecular formula is C20H39N5O. The molecule has 6 nitrogen and oxygen atoms in total. The molecule has 2 atom stereocenters. The number of likely N-dealkylation sites (tertiary alicyclic amines) is 2. The van der Waals surface area contributed by atoms with Crippen LogP contribution >= 0.6 is 0 Å². The topological polar surface area (TPSA) is 60.0 Å². The van der Waals surface area contributed by atoms with Crippen LogP contribution in [0.5, 0.6) is 0 Å². The van der Waals surface area contributed by atoms with E-state index in [0.29, 0.717) is 12.0 Å². The molecule has 0 aliphatic carbocycles. The van der Waals surface area contributed by atoms with E-state index in [4.69, 9.17) is 4.99 Å². The Balaban J connectivity index is 1.79. The number of nitrogens with zero attached hydrogens (tertiary/aromatic N) is 3. The Morgan fingerprint density at radius 3 is 2.54 bits per heavy atom. The Morgan fingerprint density at radius 2 is 1.88 bits per heavy atom. The van der Waals surface area contributed by atoms with Crippen LogP contribution in [0.2, 0.25) is 0 Å². The lowest BCUT2D eigenvalue weighted by Crippen LogP contribution is -2.45. The Hall–Kier alpha value is -1.30. The first-order valence-electron chi connectivity index (χ1n) is 10.6. The number of guanidine groups is 1. The number of rotatable bonds is 7. The van der Waals surface area contributed by atoms with Gasteiger partial charge in [-0.3, -0.25) is 9.79 Å². The number of carbonyl (C=O) groups excluding carboxylic acids is 1. The van der Waals surface area contributed by atoms with Crippen LogP contribution in [0.4, 0.5) is 0 Å². The molecule has 2 heterocycles. The highest BCUT2D eigenvalue weighted by atomic mass is 16.2. The molecule has 0 radical (unpaired) electrons. The third-order valence-electron chi connectivity index (χ3n) is 5.26. The highest BCUT2D eigenvalue weighted by Crippen LogP contribution is 2.13. The number of aliphatic imine (C=N–C) groups is 1. The number of piperidine rings is 1. The maximum Gasteiger partial charge on any atom is 0.225 e. The first-order chi connectivity index (χ1) is 12.5. The van der Waals surface area contributed by atoms with Gasteiger partial charge < -0.3 is 20.4 Å². The van der Waals surface area contributed by atoms with Crippen LogP contribution in [-0.4, -0.2) is 73.5 Å². The molecule has 2 fully saturated rings. The molecule has 0 bridgehead atoms. The van der Waals surface area contributed by atoms with Crippen molar-refractivity contribution in [3.63, 3.8) is 0 Å². The second-order valence-corrected chi connectivity index (χ2v) is 8.25. The molecule has 0 saturated carbocycles. The SMILES string of the molecule is CCNC(=NCC(C)CN1CCCCC1)NC1CCN(C(=O)C(C)C)C1. The fourth-order valence-corrected chi connectivity index (χ4v) is 3.84. The summed E-state index contributed by atoms with van der Waals surface area (Å²) in [5.41, 5.74) is 0. The van der Waals surface area contributed by atoms with Gasteiger partial charge in [0, 0.05) is 44.7 Å². The third-order valence-corrected chi connectivity index (χ3v) is 5.26. The zero-order chi connectivity index (χ0) is 18.9. The summed E-state index contributed by atoms with van der Waals surface area (Å²) in [7, 11) is 0. The molecule has 2 aliphatic heterocycles. The lowest BCUT2D eigenvalue weighted by atomic mass is 10.1. The van der Waals surface area contributed by atoms with Crippen LogP contribution in [0.3, 0.4) is 0 Å². The Morgan fingerprint density at radius 1 is 1.15 bits per heavy atom. The van der Waals surface area contributed by atoms with E-state index in [1.807, 2.05) is 18.7 Å². The first kappa shape index (κ1) is 21.0. The van der Waals surface area contributed by atoms with E-state index < -0.39 is 0 Å². The molecule has 150 valence electrons. The summed E-state index contributed by atoms with van der Waals surface area (Å²) < 4.78 is 0. The van der Waals surface area contributed by atoms with Crippen LogP contribution < -0.4 is 10.6 Å². The molecule has 0 aromatic heterocycles. The van der Waals surface area contributed by atoms with E-state index in [9.17, 15) is 4.79 Å². The normalized spacial score (nSPS) is 23.3. The van der Waals surface area contributed by atoms with Gasteiger partial charge in [0.25, 0.3) is 0 Å². The molecule has 26 heavy (non-hydrogen) atoms. The van der Waals surface area contributed by atoms with Crippen LogP contribution in [0.15, 0.2) is 4.99 Å². The highest BCUT2D eigenvalue weighted by Gasteiger charge is 2.28. The van der Waals surface area contributed by atoms with Gasteiger partial charge in [0.1, 0.15) is 0 Å². The predicted octanol–water partition coefficient (Wildman–Crippen LogP) is 1.92. The van der Waals surface area contributed by atoms with Gasteiger partial charge in [-0.15, -0.1) is 0 Å². The molecule has 0 aromatic carbocycles. The van der Waals surface area contributed by atoms with E-state index in [-0.39, 0.29) is 11.8 Å². The molecule has 0 spiro atoms. The minimum Gasteiger partial charge on any atom is -0.357 e. The van der Waals surface area contributed by atoms with Gasteiger partial charge in [-0.2, -0.15) is 0 Å². The molecule has 2 rings (SSSR count). The Kier molecular flexibility index (Phi) is 8.69. The van der Waals surface area contributed by atoms with Crippen LogP contribution in [0.25, 0.3) is 0 Å². The van der Waals surface area contributed by atoms with Crippen LogP contribution in [-0.2, 0) is 4.79 Å². The summed E-state index contributed by atoms with van der Waals surface area (Å²) in [6, 6.07) is 0.299. The van der Waals surface area contributed by atoms with Crippen molar-refractivity contribution in [2.75, 3.05) is 45.8 Å². The number of carbonyl (C=O) groups is 1. The van der Waals surface area contributed by atoms with E-state index in [1.165, 1.54) is 32.4 Å². The van der Waals surface area contributed by atoms with Crippen molar-refractivity contribution in [3.8, 4) is 0 Å². The standard InChI is InChI=1S/C20H39N5O/c1-5-21-20(22-13-17(4)14-24-10-7-6-8-11-24)23-18-9-12-25(15-18)19(26)16(2)3/h16-18H,5-15H2,1-4H3,(H2,21,22,23). The summed E-state index contributed by atoms with van der Waals surface area (Å²) in [6.45, 7) is 15.3. The molecule has 0 aromatic rings. The van der Waals surface area contributed by atoms with Crippen molar-refractivity contribution in [3.05, 3.63) is 0 Å². The maximum absolute atomic E-state index is 12.2. The number of hydrogen-bond acceptors (Lipinski definition) is 3. The molecule has 2 unspecified atom stereocenters. The van der Waals surface area contributed by atoms with Gasteiger partial charge >= 0.3 is 0 Å². The first-order valence-corrected chi connectivity index (χ1v) is 10.6. The van der Waals surface area contributed by atoms with E-state index in [0.717, 1.165) is 45.1 Å². The number of nitrogens with one attached hydrogen (secondary N) is 2. The third kappa shape index (κ3) is 6.78. The van der Waals surface area contributed by atoms with Gasteiger partial charge in [0.15, 0.2) is 5.96 Å². The van der Waals surface area contributed by atoms with Crippen molar-refractivity contribution in [1.82, 2.24) is 20.4 Å². The second-order valence-electron chi connectivity index (χ2n) is 8.25. The monoisotopic (exact) mass is 365 g/mol. The smallest absolute Gasteiger partial charge is 0.225 e. The summed E-state index contributed by atoms with van der Waals surface area (Å²) in [4.78, 5) is 21.5. The largest absolute Gasteiger partial charge is 0.357 e. The number of hydrogen-bond donors (Lipinski definition) is 2. The minimum absolute atomic E-state index is 0.0753. The van der Waals surface area contributed by atoms with Gasteiger partial charge in [0.2, 0.25) is 5.91 Å². The highest BCUT2D eigenvalue weighted by molar-refractivity contribution is 5.81. The average Bonchev–Trinajstić information content (AvgIpc) is 3.08. The van der Waals surface area contributed by atoms with Crippen molar-refractivity contribution < 1.29 is 4.79 Å². The van der Waals surface area contributed by atoms with Gasteiger partial charge in [-0.1, -0.05) is 27.2 Å². The molecule has 1 amide bonds. The summed E-state index contributed by atoms with van der Waals surface area (Å²) in [5.74, 6) is 1.78. The molecular weight excluding hydrogens is 326 g/mol. The molecule has 2 saturated heterocycles. The second kappa shape index (κ2) is 10.8. The van der Waals surface area contributed by atoms with Gasteiger partial charge in [-0.05, 0) is 45.2 Å². The quantitative estimate of drug-likeness (QED) is 0.535. The molecule has 2 N–H and O–H groups in total. The van der Waals surface area contributed by atoms with E-state index >= 15 is 0 Å². The van der Waals surface area contributed by atoms with Gasteiger partial charge in [0.05, 0.1) is 0 Å². The maximum atomic E-state index is 12.2. The predicted molar refractivity (Wildman–Crippen MR) is 108 cm³/mol. The minimum atomic E-state index is 0.0753. The fourth-order valence-electron chi connectivity index (χ4n) is 3.84. The molecule has 2 aliphatic rings.